The van der Waals surface area contributed by atoms with Crippen LogP contribution >= 0.6 is 0 Å². The maximum absolute atomic E-state index is 12.5. The van der Waals surface area contributed by atoms with Crippen molar-refractivity contribution in [3.8, 4) is 0 Å². The average molecular weight is 410 g/mol. The van der Waals surface area contributed by atoms with Crippen LogP contribution in [0.4, 0.5) is 11.4 Å². The third-order valence-corrected chi connectivity index (χ3v) is 5.51. The second kappa shape index (κ2) is 8.87. The molecule has 150 valence electrons. The van der Waals surface area contributed by atoms with Crippen LogP contribution < -0.4 is 9.62 Å². The van der Waals surface area contributed by atoms with Crippen LogP contribution in [0.5, 0.6) is 0 Å². The number of nitrogens with zero attached hydrogens (tertiary/aromatic N) is 2. The molecule has 0 fully saturated rings. The molecule has 3 aromatic rings. The number of carbonyl (C=O) groups is 1. The second-order valence-electron chi connectivity index (χ2n) is 6.89. The highest BCUT2D eigenvalue weighted by atomic mass is 32.2. The fourth-order valence-corrected chi connectivity index (χ4v) is 3.80. The summed E-state index contributed by atoms with van der Waals surface area (Å²) in [6.07, 6.45) is 5.37. The quantitative estimate of drug-likeness (QED) is 0.649. The van der Waals surface area contributed by atoms with E-state index in [1.165, 1.54) is 0 Å². The third kappa shape index (κ3) is 5.89. The number of aryl methyl sites for hydroxylation is 1. The predicted octanol–water partition coefficient (Wildman–Crippen LogP) is 3.39. The second-order valence-corrected chi connectivity index (χ2v) is 8.79. The SMILES string of the molecule is Cc1cccc(N(CC(=O)Nc2ccc(Cc3ccncc3)cc2)S(C)(=O)=O)c1. The normalized spacial score (nSPS) is 11.1. The monoisotopic (exact) mass is 409 g/mol. The Morgan fingerprint density at radius 2 is 1.66 bits per heavy atom. The van der Waals surface area contributed by atoms with Crippen LogP contribution in [0.2, 0.25) is 0 Å². The molecule has 6 nitrogen and oxygen atoms in total. The molecule has 0 aliphatic carbocycles. The van der Waals surface area contributed by atoms with Crippen molar-refractivity contribution in [2.75, 3.05) is 22.4 Å². The van der Waals surface area contributed by atoms with Crippen LogP contribution in [-0.2, 0) is 21.2 Å². The lowest BCUT2D eigenvalue weighted by molar-refractivity contribution is -0.114. The third-order valence-electron chi connectivity index (χ3n) is 4.37. The van der Waals surface area contributed by atoms with Gasteiger partial charge in [0.15, 0.2) is 0 Å². The Bertz CT molecular complexity index is 1080. The van der Waals surface area contributed by atoms with Crippen molar-refractivity contribution < 1.29 is 13.2 Å². The minimum Gasteiger partial charge on any atom is -0.325 e. The summed E-state index contributed by atoms with van der Waals surface area (Å²) in [4.78, 5) is 16.5. The molecule has 0 saturated carbocycles. The summed E-state index contributed by atoms with van der Waals surface area (Å²) < 4.78 is 25.5. The number of rotatable bonds is 7. The van der Waals surface area contributed by atoms with Gasteiger partial charge in [0, 0.05) is 18.1 Å². The van der Waals surface area contributed by atoms with Crippen molar-refractivity contribution in [2.45, 2.75) is 13.3 Å². The Hall–Kier alpha value is -3.19. The van der Waals surface area contributed by atoms with Gasteiger partial charge in [-0.25, -0.2) is 8.42 Å². The number of aromatic nitrogens is 1. The molecular formula is C22H23N3O3S. The van der Waals surface area contributed by atoms with Gasteiger partial charge in [0.05, 0.1) is 11.9 Å². The Morgan fingerprint density at radius 1 is 1.00 bits per heavy atom. The smallest absolute Gasteiger partial charge is 0.245 e. The fourth-order valence-electron chi connectivity index (χ4n) is 2.96. The molecule has 0 atom stereocenters. The number of hydrogen-bond acceptors (Lipinski definition) is 4. The van der Waals surface area contributed by atoms with E-state index in [-0.39, 0.29) is 6.54 Å². The minimum absolute atomic E-state index is 0.291. The van der Waals surface area contributed by atoms with Crippen molar-refractivity contribution in [1.29, 1.82) is 0 Å². The van der Waals surface area contributed by atoms with Crippen molar-refractivity contribution in [1.82, 2.24) is 4.98 Å². The van der Waals surface area contributed by atoms with E-state index in [9.17, 15) is 13.2 Å². The van der Waals surface area contributed by atoms with Crippen LogP contribution in [0.3, 0.4) is 0 Å². The highest BCUT2D eigenvalue weighted by Gasteiger charge is 2.21. The van der Waals surface area contributed by atoms with Gasteiger partial charge in [-0.2, -0.15) is 0 Å². The van der Waals surface area contributed by atoms with Gasteiger partial charge in [-0.3, -0.25) is 14.1 Å². The maximum atomic E-state index is 12.5. The lowest BCUT2D eigenvalue weighted by atomic mass is 10.1. The predicted molar refractivity (Wildman–Crippen MR) is 115 cm³/mol. The van der Waals surface area contributed by atoms with Crippen molar-refractivity contribution in [3.05, 3.63) is 89.7 Å². The number of nitrogens with one attached hydrogen (secondary N) is 1. The molecule has 0 unspecified atom stereocenters. The number of hydrogen-bond donors (Lipinski definition) is 1. The first kappa shape index (κ1) is 20.5. The summed E-state index contributed by atoms with van der Waals surface area (Å²) in [5, 5.41) is 2.76. The fraction of sp³-hybridized carbons (Fsp3) is 0.182. The summed E-state index contributed by atoms with van der Waals surface area (Å²) >= 11 is 0. The molecule has 0 bridgehead atoms. The number of benzene rings is 2. The molecule has 0 radical (unpaired) electrons. The van der Waals surface area contributed by atoms with E-state index in [2.05, 4.69) is 10.3 Å². The molecule has 0 aliphatic rings. The van der Waals surface area contributed by atoms with Crippen LogP contribution in [0.1, 0.15) is 16.7 Å². The van der Waals surface area contributed by atoms with Crippen LogP contribution in [0, 0.1) is 6.92 Å². The molecule has 1 aromatic heterocycles. The first-order chi connectivity index (χ1) is 13.8. The van der Waals surface area contributed by atoms with E-state index in [1.807, 2.05) is 49.4 Å². The maximum Gasteiger partial charge on any atom is 0.245 e. The molecule has 1 N–H and O–H groups in total. The van der Waals surface area contributed by atoms with E-state index < -0.39 is 15.9 Å². The Labute approximate surface area is 171 Å². The zero-order chi connectivity index (χ0) is 20.9. The number of carbonyl (C=O) groups excluding carboxylic acids is 1. The van der Waals surface area contributed by atoms with E-state index in [4.69, 9.17) is 0 Å². The topological polar surface area (TPSA) is 79.4 Å². The van der Waals surface area contributed by atoms with E-state index >= 15 is 0 Å². The van der Waals surface area contributed by atoms with Gasteiger partial charge in [-0.1, -0.05) is 24.3 Å². The van der Waals surface area contributed by atoms with Crippen LogP contribution in [0.15, 0.2) is 73.1 Å². The molecule has 29 heavy (non-hydrogen) atoms. The minimum atomic E-state index is -3.60. The van der Waals surface area contributed by atoms with Gasteiger partial charge < -0.3 is 5.32 Å². The number of pyridine rings is 1. The first-order valence-electron chi connectivity index (χ1n) is 9.13. The van der Waals surface area contributed by atoms with Crippen LogP contribution in [-0.4, -0.2) is 32.1 Å². The Kier molecular flexibility index (Phi) is 6.29. The standard InChI is InChI=1S/C22H23N3O3S/c1-17-4-3-5-21(14-17)25(29(2,27)28)16-22(26)24-20-8-6-18(7-9-20)15-19-10-12-23-13-11-19/h3-14H,15-16H2,1-2H3,(H,24,26). The summed E-state index contributed by atoms with van der Waals surface area (Å²) in [5.74, 6) is -0.404. The molecule has 0 saturated heterocycles. The van der Waals surface area contributed by atoms with Crippen molar-refractivity contribution in [3.63, 3.8) is 0 Å². The van der Waals surface area contributed by atoms with E-state index in [1.54, 1.807) is 30.6 Å². The van der Waals surface area contributed by atoms with Crippen molar-refractivity contribution in [2.24, 2.45) is 0 Å². The first-order valence-corrected chi connectivity index (χ1v) is 11.0. The van der Waals surface area contributed by atoms with Gasteiger partial charge in [0.25, 0.3) is 0 Å². The number of sulfonamides is 1. The lowest BCUT2D eigenvalue weighted by Gasteiger charge is -2.22. The molecule has 0 aliphatic heterocycles. The zero-order valence-electron chi connectivity index (χ0n) is 16.4. The highest BCUT2D eigenvalue weighted by Crippen LogP contribution is 2.19. The van der Waals surface area contributed by atoms with E-state index in [0.717, 1.165) is 33.7 Å². The van der Waals surface area contributed by atoms with Gasteiger partial charge in [-0.05, 0) is 66.4 Å². The van der Waals surface area contributed by atoms with Gasteiger partial charge in [-0.15, -0.1) is 0 Å². The highest BCUT2D eigenvalue weighted by molar-refractivity contribution is 7.92. The average Bonchev–Trinajstić information content (AvgIpc) is 2.68. The Balaban J connectivity index is 1.67. The molecular weight excluding hydrogens is 386 g/mol. The number of amides is 1. The van der Waals surface area contributed by atoms with Gasteiger partial charge >= 0.3 is 0 Å². The molecule has 2 aromatic carbocycles. The lowest BCUT2D eigenvalue weighted by Crippen LogP contribution is -2.37. The number of anilines is 2. The summed E-state index contributed by atoms with van der Waals surface area (Å²) in [5.41, 5.74) is 4.26. The summed E-state index contributed by atoms with van der Waals surface area (Å²) in [6, 6.07) is 18.5. The van der Waals surface area contributed by atoms with Gasteiger partial charge in [0.1, 0.15) is 6.54 Å². The summed E-state index contributed by atoms with van der Waals surface area (Å²) in [7, 11) is -3.60. The Morgan fingerprint density at radius 3 is 2.28 bits per heavy atom. The van der Waals surface area contributed by atoms with Crippen LogP contribution in [0.25, 0.3) is 0 Å². The van der Waals surface area contributed by atoms with Gasteiger partial charge in [0.2, 0.25) is 15.9 Å². The largest absolute Gasteiger partial charge is 0.325 e. The molecule has 1 amide bonds. The summed E-state index contributed by atoms with van der Waals surface area (Å²) in [6.45, 7) is 1.58. The van der Waals surface area contributed by atoms with Crippen molar-refractivity contribution >= 4 is 27.3 Å². The zero-order valence-corrected chi connectivity index (χ0v) is 17.2. The molecule has 0 spiro atoms. The molecule has 1 heterocycles. The molecule has 7 heteroatoms. The molecule has 3 rings (SSSR count). The van der Waals surface area contributed by atoms with E-state index in [0.29, 0.717) is 11.4 Å².